The van der Waals surface area contributed by atoms with Crippen molar-refractivity contribution in [3.63, 3.8) is 0 Å². The molecule has 0 fully saturated rings. The third-order valence-electron chi connectivity index (χ3n) is 2.61. The van der Waals surface area contributed by atoms with Gasteiger partial charge in [-0.2, -0.15) is 0 Å². The van der Waals surface area contributed by atoms with Gasteiger partial charge in [0.05, 0.1) is 0 Å². The van der Waals surface area contributed by atoms with Crippen LogP contribution in [-0.2, 0) is 0 Å². The predicted octanol–water partition coefficient (Wildman–Crippen LogP) is 4.83. The summed E-state index contributed by atoms with van der Waals surface area (Å²) in [5, 5.41) is 5.25. The molecule has 79 valence electrons. The van der Waals surface area contributed by atoms with Gasteiger partial charge in [0.15, 0.2) is 0 Å². The molecular formula is C16H15. The lowest BCUT2D eigenvalue weighted by atomic mass is 10.0. The van der Waals surface area contributed by atoms with Gasteiger partial charge in [-0.3, -0.25) is 0 Å². The minimum atomic E-state index is 1.31. The fourth-order valence-corrected chi connectivity index (χ4v) is 1.88. The van der Waals surface area contributed by atoms with Gasteiger partial charge in [0.25, 0.3) is 0 Å². The van der Waals surface area contributed by atoms with Crippen LogP contribution in [0.15, 0.2) is 60.7 Å². The van der Waals surface area contributed by atoms with Gasteiger partial charge in [0.2, 0.25) is 0 Å². The first-order valence-electron chi connectivity index (χ1n) is 5.52. The Balaban J connectivity index is 0.000000457. The molecule has 0 bridgehead atoms. The maximum Gasteiger partial charge on any atom is -0.0178 e. The zero-order valence-corrected chi connectivity index (χ0v) is 9.48. The van der Waals surface area contributed by atoms with Crippen molar-refractivity contribution in [2.45, 2.75) is 6.92 Å². The second-order valence-electron chi connectivity index (χ2n) is 3.55. The van der Waals surface area contributed by atoms with Crippen molar-refractivity contribution in [3.05, 3.63) is 67.6 Å². The summed E-state index contributed by atoms with van der Waals surface area (Å²) in [5.41, 5.74) is 0. The zero-order valence-electron chi connectivity index (χ0n) is 9.48. The lowest BCUT2D eigenvalue weighted by Gasteiger charge is -2.00. The van der Waals surface area contributed by atoms with Gasteiger partial charge in [0, 0.05) is 0 Å². The monoisotopic (exact) mass is 207 g/mol. The number of hydrogen-bond donors (Lipinski definition) is 0. The average Bonchev–Trinajstić information content (AvgIpc) is 2.38. The van der Waals surface area contributed by atoms with Crippen molar-refractivity contribution in [2.75, 3.05) is 0 Å². The van der Waals surface area contributed by atoms with Crippen LogP contribution in [0, 0.1) is 6.92 Å². The summed E-state index contributed by atoms with van der Waals surface area (Å²) in [4.78, 5) is 0. The average molecular weight is 207 g/mol. The molecule has 0 heterocycles. The van der Waals surface area contributed by atoms with Gasteiger partial charge < -0.3 is 0 Å². The van der Waals surface area contributed by atoms with E-state index < -0.39 is 0 Å². The number of rotatable bonds is 0. The van der Waals surface area contributed by atoms with Crippen LogP contribution in [0.2, 0.25) is 0 Å². The van der Waals surface area contributed by atoms with Crippen LogP contribution in [0.5, 0.6) is 0 Å². The van der Waals surface area contributed by atoms with Gasteiger partial charge >= 0.3 is 0 Å². The summed E-state index contributed by atoms with van der Waals surface area (Å²) in [6.07, 6.45) is 0. The highest BCUT2D eigenvalue weighted by Gasteiger charge is 1.95. The number of hydrogen-bond acceptors (Lipinski definition) is 0. The normalized spacial score (nSPS) is 9.88. The van der Waals surface area contributed by atoms with Crippen LogP contribution in [0.1, 0.15) is 6.92 Å². The predicted molar refractivity (Wildman–Crippen MR) is 72.5 cm³/mol. The van der Waals surface area contributed by atoms with Crippen molar-refractivity contribution in [2.24, 2.45) is 0 Å². The van der Waals surface area contributed by atoms with E-state index in [4.69, 9.17) is 0 Å². The molecule has 0 aliphatic rings. The lowest BCUT2D eigenvalue weighted by Crippen LogP contribution is -1.74. The Kier molecular flexibility index (Phi) is 3.21. The minimum Gasteiger partial charge on any atom is -0.0654 e. The number of fused-ring (bicyclic) bond motifs is 2. The third kappa shape index (κ3) is 1.92. The standard InChI is InChI=1S/C14H10.C2H5/c1-2-6-12-10-14-8-4-3-7-13(14)9-11(12)5-1;1-2/h1-10H;1H2,2H3. The van der Waals surface area contributed by atoms with Crippen molar-refractivity contribution in [3.8, 4) is 0 Å². The van der Waals surface area contributed by atoms with Crippen LogP contribution in [0.25, 0.3) is 21.5 Å². The highest BCUT2D eigenvalue weighted by molar-refractivity contribution is 5.97. The molecule has 0 spiro atoms. The fraction of sp³-hybridized carbons (Fsp3) is 0.0625. The van der Waals surface area contributed by atoms with Crippen LogP contribution in [-0.4, -0.2) is 0 Å². The molecule has 0 aliphatic heterocycles. The molecule has 0 saturated carbocycles. The van der Waals surface area contributed by atoms with Crippen molar-refractivity contribution in [1.29, 1.82) is 0 Å². The van der Waals surface area contributed by atoms with E-state index in [9.17, 15) is 0 Å². The smallest absolute Gasteiger partial charge is 0.0178 e. The molecular weight excluding hydrogens is 192 g/mol. The Morgan fingerprint density at radius 2 is 0.812 bits per heavy atom. The Morgan fingerprint density at radius 3 is 1.06 bits per heavy atom. The molecule has 0 unspecified atom stereocenters. The van der Waals surface area contributed by atoms with E-state index in [1.807, 2.05) is 0 Å². The van der Waals surface area contributed by atoms with Gasteiger partial charge in [0.1, 0.15) is 0 Å². The van der Waals surface area contributed by atoms with Crippen molar-refractivity contribution in [1.82, 2.24) is 0 Å². The second-order valence-corrected chi connectivity index (χ2v) is 3.55. The van der Waals surface area contributed by atoms with Gasteiger partial charge in [-0.1, -0.05) is 62.4 Å². The topological polar surface area (TPSA) is 0 Å². The van der Waals surface area contributed by atoms with Crippen LogP contribution < -0.4 is 0 Å². The van der Waals surface area contributed by atoms with Crippen LogP contribution in [0.4, 0.5) is 0 Å². The largest absolute Gasteiger partial charge is 0.0654 e. The Morgan fingerprint density at radius 1 is 0.562 bits per heavy atom. The first kappa shape index (κ1) is 10.7. The molecule has 0 amide bonds. The molecule has 0 heteroatoms. The van der Waals surface area contributed by atoms with Gasteiger partial charge in [-0.15, -0.1) is 0 Å². The van der Waals surface area contributed by atoms with E-state index >= 15 is 0 Å². The molecule has 16 heavy (non-hydrogen) atoms. The molecule has 0 saturated heterocycles. The molecule has 0 aromatic heterocycles. The molecule has 0 aliphatic carbocycles. The van der Waals surface area contributed by atoms with Gasteiger partial charge in [-0.25, -0.2) is 0 Å². The molecule has 1 radical (unpaired) electrons. The van der Waals surface area contributed by atoms with E-state index in [1.165, 1.54) is 21.5 Å². The highest BCUT2D eigenvalue weighted by Crippen LogP contribution is 2.21. The molecule has 0 nitrogen and oxygen atoms in total. The van der Waals surface area contributed by atoms with Crippen molar-refractivity contribution >= 4 is 21.5 Å². The first-order valence-corrected chi connectivity index (χ1v) is 5.52. The summed E-state index contributed by atoms with van der Waals surface area (Å²) in [7, 11) is 0. The van der Waals surface area contributed by atoms with Gasteiger partial charge in [-0.05, 0) is 33.7 Å². The first-order chi connectivity index (χ1) is 7.93. The van der Waals surface area contributed by atoms with Crippen molar-refractivity contribution < 1.29 is 0 Å². The molecule has 3 aromatic carbocycles. The maximum atomic E-state index is 3.25. The highest BCUT2D eigenvalue weighted by atomic mass is 14.0. The summed E-state index contributed by atoms with van der Waals surface area (Å²) in [6.45, 7) is 5.00. The second kappa shape index (κ2) is 4.80. The lowest BCUT2D eigenvalue weighted by molar-refractivity contribution is 1.76. The molecule has 0 atom stereocenters. The zero-order chi connectivity index (χ0) is 11.4. The Hall–Kier alpha value is -1.82. The maximum absolute atomic E-state index is 3.25. The number of benzene rings is 3. The molecule has 3 rings (SSSR count). The van der Waals surface area contributed by atoms with Crippen LogP contribution >= 0.6 is 0 Å². The van der Waals surface area contributed by atoms with E-state index in [2.05, 4.69) is 67.6 Å². The molecule has 0 N–H and O–H groups in total. The van der Waals surface area contributed by atoms with E-state index in [0.717, 1.165) is 0 Å². The minimum absolute atomic E-state index is 1.31. The fourth-order valence-electron chi connectivity index (χ4n) is 1.88. The summed E-state index contributed by atoms with van der Waals surface area (Å²) >= 11 is 0. The quantitative estimate of drug-likeness (QED) is 0.463. The summed E-state index contributed by atoms with van der Waals surface area (Å²) in [6, 6.07) is 21.4. The Labute approximate surface area is 96.5 Å². The van der Waals surface area contributed by atoms with E-state index in [1.54, 1.807) is 6.92 Å². The SMILES string of the molecule is [CH2]C.c1ccc2cc3ccccc3cc2c1. The summed E-state index contributed by atoms with van der Waals surface area (Å²) < 4.78 is 0. The van der Waals surface area contributed by atoms with E-state index in [0.29, 0.717) is 0 Å². The Bertz CT molecular complexity index is 489. The molecule has 3 aromatic rings. The third-order valence-corrected chi connectivity index (χ3v) is 2.61. The van der Waals surface area contributed by atoms with E-state index in [-0.39, 0.29) is 0 Å². The van der Waals surface area contributed by atoms with Crippen LogP contribution in [0.3, 0.4) is 0 Å². The summed E-state index contributed by atoms with van der Waals surface area (Å²) in [5.74, 6) is 0.